The minimum absolute atomic E-state index is 0.104. The summed E-state index contributed by atoms with van der Waals surface area (Å²) in [5.41, 5.74) is 0.326. The molecule has 1 aromatic rings. The van der Waals surface area contributed by atoms with Crippen LogP contribution in [0.1, 0.15) is 0 Å². The van der Waals surface area contributed by atoms with E-state index in [1.54, 1.807) is 13.3 Å². The molecule has 68 valence electrons. The van der Waals surface area contributed by atoms with Crippen molar-refractivity contribution in [1.82, 2.24) is 9.55 Å². The van der Waals surface area contributed by atoms with Gasteiger partial charge in [-0.3, -0.25) is 4.79 Å². The van der Waals surface area contributed by atoms with Gasteiger partial charge < -0.3 is 9.47 Å². The van der Waals surface area contributed by atoms with E-state index in [0.29, 0.717) is 18.1 Å². The fourth-order valence-electron chi connectivity index (χ4n) is 1.25. The number of hydrogen-bond acceptors (Lipinski definition) is 4. The molecule has 0 amide bonds. The standard InChI is InChI=1S/C8H10N4O/c1-11-4-3-9-6-7(11)10-5-12(2)8(6)13/h3,5H,4H2,1-2H3. The molecule has 1 aliphatic heterocycles. The first kappa shape index (κ1) is 7.97. The third kappa shape index (κ3) is 1.12. The topological polar surface area (TPSA) is 50.5 Å². The first-order valence-corrected chi connectivity index (χ1v) is 3.99. The molecule has 5 heteroatoms. The van der Waals surface area contributed by atoms with E-state index < -0.39 is 0 Å². The van der Waals surface area contributed by atoms with Crippen LogP contribution in [0, 0.1) is 0 Å². The zero-order valence-corrected chi connectivity index (χ0v) is 7.56. The third-order valence-electron chi connectivity index (χ3n) is 2.03. The second-order valence-electron chi connectivity index (χ2n) is 3.03. The number of rotatable bonds is 0. The van der Waals surface area contributed by atoms with Gasteiger partial charge in [0.05, 0.1) is 12.9 Å². The third-order valence-corrected chi connectivity index (χ3v) is 2.03. The van der Waals surface area contributed by atoms with Gasteiger partial charge in [-0.25, -0.2) is 9.98 Å². The number of hydrogen-bond donors (Lipinski definition) is 0. The molecule has 0 bridgehead atoms. The molecule has 0 aliphatic carbocycles. The summed E-state index contributed by atoms with van der Waals surface area (Å²) in [7, 11) is 3.55. The van der Waals surface area contributed by atoms with Crippen molar-refractivity contribution in [2.45, 2.75) is 0 Å². The van der Waals surface area contributed by atoms with Crippen LogP contribution in [-0.4, -0.2) is 29.4 Å². The van der Waals surface area contributed by atoms with E-state index >= 15 is 0 Å². The molecule has 5 nitrogen and oxygen atoms in total. The van der Waals surface area contributed by atoms with Crippen molar-refractivity contribution in [3.8, 4) is 0 Å². The number of aliphatic imine (C=N–C) groups is 1. The number of fused-ring (bicyclic) bond motifs is 1. The first-order chi connectivity index (χ1) is 6.20. The van der Waals surface area contributed by atoms with Gasteiger partial charge in [-0.2, -0.15) is 0 Å². The Labute approximate surface area is 75.4 Å². The van der Waals surface area contributed by atoms with Gasteiger partial charge >= 0.3 is 0 Å². The van der Waals surface area contributed by atoms with Gasteiger partial charge in [-0.05, 0) is 0 Å². The van der Waals surface area contributed by atoms with Crippen molar-refractivity contribution in [3.05, 3.63) is 16.7 Å². The van der Waals surface area contributed by atoms with Gasteiger partial charge in [-0.1, -0.05) is 0 Å². The van der Waals surface area contributed by atoms with Gasteiger partial charge in [0.15, 0.2) is 11.5 Å². The fourth-order valence-corrected chi connectivity index (χ4v) is 1.25. The molecule has 0 aromatic carbocycles. The summed E-state index contributed by atoms with van der Waals surface area (Å²) >= 11 is 0. The van der Waals surface area contributed by atoms with Crippen LogP contribution in [0.4, 0.5) is 11.5 Å². The highest BCUT2D eigenvalue weighted by Crippen LogP contribution is 2.22. The highest BCUT2D eigenvalue weighted by atomic mass is 16.1. The van der Waals surface area contributed by atoms with Crippen molar-refractivity contribution in [3.63, 3.8) is 0 Å². The van der Waals surface area contributed by atoms with Crippen LogP contribution in [0.3, 0.4) is 0 Å². The molecule has 2 rings (SSSR count). The van der Waals surface area contributed by atoms with E-state index in [1.807, 2.05) is 11.9 Å². The van der Waals surface area contributed by atoms with E-state index in [0.717, 1.165) is 0 Å². The Bertz CT molecular complexity index is 421. The predicted molar refractivity (Wildman–Crippen MR) is 50.9 cm³/mol. The largest absolute Gasteiger partial charge is 0.352 e. The second-order valence-corrected chi connectivity index (χ2v) is 3.03. The summed E-state index contributed by atoms with van der Waals surface area (Å²) in [5, 5.41) is 0. The average molecular weight is 178 g/mol. The quantitative estimate of drug-likeness (QED) is 0.559. The van der Waals surface area contributed by atoms with Gasteiger partial charge in [-0.15, -0.1) is 0 Å². The highest BCUT2D eigenvalue weighted by Gasteiger charge is 2.15. The SMILES string of the molecule is CN1CC=Nc2c1ncn(C)c2=O. The van der Waals surface area contributed by atoms with Crippen molar-refractivity contribution in [1.29, 1.82) is 0 Å². The Balaban J connectivity index is 2.72. The zero-order valence-electron chi connectivity index (χ0n) is 7.56. The highest BCUT2D eigenvalue weighted by molar-refractivity contribution is 5.78. The first-order valence-electron chi connectivity index (χ1n) is 3.99. The number of nitrogens with zero attached hydrogens (tertiary/aromatic N) is 4. The Morgan fingerprint density at radius 1 is 1.46 bits per heavy atom. The molecule has 0 spiro atoms. The molecule has 0 fully saturated rings. The molecule has 0 saturated carbocycles. The predicted octanol–water partition coefficient (Wildman–Crippen LogP) is -0.0676. The fraction of sp³-hybridized carbons (Fsp3) is 0.375. The monoisotopic (exact) mass is 178 g/mol. The van der Waals surface area contributed by atoms with E-state index in [4.69, 9.17) is 0 Å². The lowest BCUT2D eigenvalue weighted by atomic mass is 10.4. The molecule has 13 heavy (non-hydrogen) atoms. The van der Waals surface area contributed by atoms with Gasteiger partial charge in [0.1, 0.15) is 0 Å². The summed E-state index contributed by atoms with van der Waals surface area (Å²) in [6, 6.07) is 0. The van der Waals surface area contributed by atoms with Crippen LogP contribution in [0.25, 0.3) is 0 Å². The summed E-state index contributed by atoms with van der Waals surface area (Å²) in [4.78, 5) is 21.6. The van der Waals surface area contributed by atoms with Crippen molar-refractivity contribution in [2.24, 2.45) is 12.0 Å². The van der Waals surface area contributed by atoms with Crippen molar-refractivity contribution < 1.29 is 0 Å². The smallest absolute Gasteiger partial charge is 0.281 e. The molecule has 0 radical (unpaired) electrons. The Kier molecular flexibility index (Phi) is 1.65. The summed E-state index contributed by atoms with van der Waals surface area (Å²) in [5.74, 6) is 0.658. The van der Waals surface area contributed by atoms with Gasteiger partial charge in [0.25, 0.3) is 5.56 Å². The van der Waals surface area contributed by atoms with Crippen molar-refractivity contribution >= 4 is 17.7 Å². The number of aryl methyl sites for hydroxylation is 1. The molecule has 0 saturated heterocycles. The molecule has 0 atom stereocenters. The molecule has 0 N–H and O–H groups in total. The normalized spacial score (nSPS) is 14.5. The minimum atomic E-state index is -0.104. The van der Waals surface area contributed by atoms with Gasteiger partial charge in [0, 0.05) is 20.3 Å². The maximum atomic E-state index is 11.5. The van der Waals surface area contributed by atoms with Crippen LogP contribution >= 0.6 is 0 Å². The summed E-state index contributed by atoms with van der Waals surface area (Å²) < 4.78 is 1.43. The molecular formula is C8H10N4O. The summed E-state index contributed by atoms with van der Waals surface area (Å²) in [6.07, 6.45) is 3.23. The van der Waals surface area contributed by atoms with E-state index in [-0.39, 0.29) is 5.56 Å². The van der Waals surface area contributed by atoms with Crippen LogP contribution in [0.5, 0.6) is 0 Å². The maximum absolute atomic E-state index is 11.5. The average Bonchev–Trinajstić information content (AvgIpc) is 2.12. The lowest BCUT2D eigenvalue weighted by Gasteiger charge is -2.20. The van der Waals surface area contributed by atoms with Crippen LogP contribution in [-0.2, 0) is 7.05 Å². The van der Waals surface area contributed by atoms with Crippen LogP contribution < -0.4 is 10.5 Å². The molecule has 0 unspecified atom stereocenters. The van der Waals surface area contributed by atoms with E-state index in [1.165, 1.54) is 10.9 Å². The number of aromatic nitrogens is 2. The molecule has 1 aromatic heterocycles. The van der Waals surface area contributed by atoms with Crippen LogP contribution in [0.15, 0.2) is 16.1 Å². The van der Waals surface area contributed by atoms with Crippen molar-refractivity contribution in [2.75, 3.05) is 18.5 Å². The van der Waals surface area contributed by atoms with Crippen LogP contribution in [0.2, 0.25) is 0 Å². The van der Waals surface area contributed by atoms with E-state index in [2.05, 4.69) is 9.98 Å². The van der Waals surface area contributed by atoms with Gasteiger partial charge in [0.2, 0.25) is 0 Å². The molecular weight excluding hydrogens is 168 g/mol. The maximum Gasteiger partial charge on any atom is 0.281 e. The van der Waals surface area contributed by atoms with E-state index in [9.17, 15) is 4.79 Å². The molecule has 1 aliphatic rings. The zero-order chi connectivity index (χ0) is 9.42. The Hall–Kier alpha value is -1.65. The number of anilines is 1. The minimum Gasteiger partial charge on any atom is -0.352 e. The summed E-state index contributed by atoms with van der Waals surface area (Å²) in [6.45, 7) is 0.702. The lowest BCUT2D eigenvalue weighted by Crippen LogP contribution is -2.28. The molecule has 2 heterocycles. The Morgan fingerprint density at radius 2 is 2.23 bits per heavy atom. The lowest BCUT2D eigenvalue weighted by molar-refractivity contribution is 0.812. The Morgan fingerprint density at radius 3 is 3.00 bits per heavy atom. The second kappa shape index (κ2) is 2.69.